The molecule has 0 spiro atoms. The summed E-state index contributed by atoms with van der Waals surface area (Å²) in [5.41, 5.74) is 2.76. The highest BCUT2D eigenvalue weighted by molar-refractivity contribution is 5.89. The number of esters is 1. The lowest BCUT2D eigenvalue weighted by molar-refractivity contribution is -0.120. The summed E-state index contributed by atoms with van der Waals surface area (Å²) in [7, 11) is 1.34. The van der Waals surface area contributed by atoms with Gasteiger partial charge in [-0.2, -0.15) is 0 Å². The van der Waals surface area contributed by atoms with Gasteiger partial charge in [0.2, 0.25) is 5.91 Å². The molecule has 0 saturated carbocycles. The Hall–Kier alpha value is -2.86. The van der Waals surface area contributed by atoms with Crippen molar-refractivity contribution >= 4 is 11.9 Å². The second kappa shape index (κ2) is 10.6. The fourth-order valence-corrected chi connectivity index (χ4v) is 3.45. The minimum Gasteiger partial charge on any atom is -0.492 e. The van der Waals surface area contributed by atoms with E-state index in [-0.39, 0.29) is 5.91 Å². The number of carbonyl (C=O) groups excluding carboxylic acids is 2. The number of amides is 1. The zero-order valence-electron chi connectivity index (χ0n) is 16.8. The molecule has 2 aromatic rings. The number of rotatable bonds is 9. The van der Waals surface area contributed by atoms with Crippen LogP contribution >= 0.6 is 0 Å². The molecule has 1 fully saturated rings. The molecule has 1 aliphatic heterocycles. The Kier molecular flexibility index (Phi) is 7.64. The molecule has 2 N–H and O–H groups in total. The summed E-state index contributed by atoms with van der Waals surface area (Å²) in [5, 5.41) is 6.25. The Bertz CT molecular complexity index is 814. The van der Waals surface area contributed by atoms with E-state index in [1.54, 1.807) is 24.3 Å². The van der Waals surface area contributed by atoms with E-state index in [1.807, 2.05) is 12.1 Å². The smallest absolute Gasteiger partial charge is 0.337 e. The van der Waals surface area contributed by atoms with Gasteiger partial charge in [-0.3, -0.25) is 4.79 Å². The Morgan fingerprint density at radius 1 is 1.14 bits per heavy atom. The monoisotopic (exact) mass is 396 g/mol. The van der Waals surface area contributed by atoms with Crippen LogP contribution in [-0.2, 0) is 22.4 Å². The summed E-state index contributed by atoms with van der Waals surface area (Å²) >= 11 is 0. The van der Waals surface area contributed by atoms with Gasteiger partial charge in [0.1, 0.15) is 12.4 Å². The number of benzene rings is 2. The summed E-state index contributed by atoms with van der Waals surface area (Å²) in [6.45, 7) is 2.93. The summed E-state index contributed by atoms with van der Waals surface area (Å²) in [4.78, 5) is 23.7. The molecule has 0 aliphatic carbocycles. The van der Waals surface area contributed by atoms with E-state index < -0.39 is 5.97 Å². The summed E-state index contributed by atoms with van der Waals surface area (Å²) in [6, 6.07) is 15.1. The standard InChI is InChI=1S/C23H28N2O4/c1-28-23(27)20-3-2-4-21(15-20)29-12-11-25-22(26)14-18-7-5-17(6-8-18)13-19-9-10-24-16-19/h2-8,15,19,24H,9-14,16H2,1H3,(H,25,26). The van der Waals surface area contributed by atoms with Crippen molar-refractivity contribution in [1.82, 2.24) is 10.6 Å². The molecule has 154 valence electrons. The van der Waals surface area contributed by atoms with Crippen LogP contribution in [-0.4, -0.2) is 45.2 Å². The number of hydrogen-bond acceptors (Lipinski definition) is 5. The molecule has 1 unspecified atom stereocenters. The van der Waals surface area contributed by atoms with Crippen LogP contribution in [0.5, 0.6) is 5.75 Å². The average Bonchev–Trinajstić information content (AvgIpc) is 3.25. The third-order valence-corrected chi connectivity index (χ3v) is 5.02. The highest BCUT2D eigenvalue weighted by Crippen LogP contribution is 2.16. The van der Waals surface area contributed by atoms with E-state index in [2.05, 4.69) is 22.8 Å². The van der Waals surface area contributed by atoms with Crippen molar-refractivity contribution in [3.8, 4) is 5.75 Å². The van der Waals surface area contributed by atoms with E-state index in [9.17, 15) is 9.59 Å². The molecule has 0 aromatic heterocycles. The minimum absolute atomic E-state index is 0.0374. The maximum absolute atomic E-state index is 12.1. The van der Waals surface area contributed by atoms with E-state index in [0.717, 1.165) is 31.0 Å². The highest BCUT2D eigenvalue weighted by atomic mass is 16.5. The van der Waals surface area contributed by atoms with Gasteiger partial charge in [0.05, 0.1) is 25.6 Å². The molecule has 1 heterocycles. The Morgan fingerprint density at radius 2 is 1.93 bits per heavy atom. The van der Waals surface area contributed by atoms with Crippen molar-refractivity contribution < 1.29 is 19.1 Å². The topological polar surface area (TPSA) is 76.7 Å². The maximum atomic E-state index is 12.1. The van der Waals surface area contributed by atoms with Crippen LogP contribution in [0, 0.1) is 5.92 Å². The quantitative estimate of drug-likeness (QED) is 0.503. The lowest BCUT2D eigenvalue weighted by Crippen LogP contribution is -2.29. The third kappa shape index (κ3) is 6.61. The van der Waals surface area contributed by atoms with Gasteiger partial charge in [-0.25, -0.2) is 4.79 Å². The van der Waals surface area contributed by atoms with Gasteiger partial charge in [0, 0.05) is 0 Å². The molecule has 1 aliphatic rings. The van der Waals surface area contributed by atoms with Gasteiger partial charge in [0.15, 0.2) is 0 Å². The van der Waals surface area contributed by atoms with Crippen LogP contribution in [0.2, 0.25) is 0 Å². The van der Waals surface area contributed by atoms with Gasteiger partial charge in [-0.1, -0.05) is 30.3 Å². The van der Waals surface area contributed by atoms with E-state index >= 15 is 0 Å². The lowest BCUT2D eigenvalue weighted by Gasteiger charge is -2.10. The molecule has 6 heteroatoms. The number of nitrogens with one attached hydrogen (secondary N) is 2. The molecular weight excluding hydrogens is 368 g/mol. The average molecular weight is 396 g/mol. The first kappa shape index (κ1) is 20.9. The Labute approximate surface area is 171 Å². The molecule has 2 aromatic carbocycles. The van der Waals surface area contributed by atoms with Gasteiger partial charge in [-0.15, -0.1) is 0 Å². The SMILES string of the molecule is COC(=O)c1cccc(OCCNC(=O)Cc2ccc(CC3CCNC3)cc2)c1. The van der Waals surface area contributed by atoms with Crippen LogP contribution in [0.15, 0.2) is 48.5 Å². The van der Waals surface area contributed by atoms with Crippen molar-refractivity contribution in [2.24, 2.45) is 5.92 Å². The molecular formula is C23H28N2O4. The molecule has 29 heavy (non-hydrogen) atoms. The van der Waals surface area contributed by atoms with Crippen LogP contribution < -0.4 is 15.4 Å². The van der Waals surface area contributed by atoms with Crippen LogP contribution in [0.1, 0.15) is 27.9 Å². The van der Waals surface area contributed by atoms with Crippen LogP contribution in [0.4, 0.5) is 0 Å². The first-order valence-electron chi connectivity index (χ1n) is 10.0. The second-order valence-corrected chi connectivity index (χ2v) is 7.27. The fraction of sp³-hybridized carbons (Fsp3) is 0.391. The first-order chi connectivity index (χ1) is 14.1. The minimum atomic E-state index is -0.408. The summed E-state index contributed by atoms with van der Waals surface area (Å²) < 4.78 is 10.3. The zero-order valence-corrected chi connectivity index (χ0v) is 16.8. The molecule has 1 amide bonds. The Balaban J connectivity index is 1.37. The number of hydrogen-bond donors (Lipinski definition) is 2. The predicted octanol–water partition coefficient (Wildman–Crippen LogP) is 2.36. The van der Waals surface area contributed by atoms with E-state index in [1.165, 1.54) is 19.1 Å². The zero-order chi connectivity index (χ0) is 20.5. The molecule has 1 saturated heterocycles. The first-order valence-corrected chi connectivity index (χ1v) is 10.0. The van der Waals surface area contributed by atoms with Gasteiger partial charge in [0.25, 0.3) is 0 Å². The van der Waals surface area contributed by atoms with E-state index in [4.69, 9.17) is 9.47 Å². The molecule has 0 bridgehead atoms. The molecule has 0 radical (unpaired) electrons. The van der Waals surface area contributed by atoms with Gasteiger partial charge in [-0.05, 0) is 61.2 Å². The number of methoxy groups -OCH3 is 1. The maximum Gasteiger partial charge on any atom is 0.337 e. The van der Waals surface area contributed by atoms with Crippen molar-refractivity contribution in [3.63, 3.8) is 0 Å². The van der Waals surface area contributed by atoms with Crippen LogP contribution in [0.3, 0.4) is 0 Å². The lowest BCUT2D eigenvalue weighted by atomic mass is 9.97. The number of carbonyl (C=O) groups is 2. The summed E-state index contributed by atoms with van der Waals surface area (Å²) in [5.74, 6) is 0.840. The largest absolute Gasteiger partial charge is 0.492 e. The number of ether oxygens (including phenoxy) is 2. The van der Waals surface area contributed by atoms with Gasteiger partial charge < -0.3 is 20.1 Å². The predicted molar refractivity (Wildman–Crippen MR) is 111 cm³/mol. The highest BCUT2D eigenvalue weighted by Gasteiger charge is 2.14. The summed E-state index contributed by atoms with van der Waals surface area (Å²) in [6.07, 6.45) is 2.68. The molecule has 6 nitrogen and oxygen atoms in total. The van der Waals surface area contributed by atoms with Crippen molar-refractivity contribution in [2.75, 3.05) is 33.4 Å². The molecule has 1 atom stereocenters. The van der Waals surface area contributed by atoms with Crippen LogP contribution in [0.25, 0.3) is 0 Å². The Morgan fingerprint density at radius 3 is 2.66 bits per heavy atom. The van der Waals surface area contributed by atoms with Crippen molar-refractivity contribution in [2.45, 2.75) is 19.3 Å². The third-order valence-electron chi connectivity index (χ3n) is 5.02. The fourth-order valence-electron chi connectivity index (χ4n) is 3.45. The van der Waals surface area contributed by atoms with Crippen molar-refractivity contribution in [1.29, 1.82) is 0 Å². The second-order valence-electron chi connectivity index (χ2n) is 7.27. The van der Waals surface area contributed by atoms with Gasteiger partial charge >= 0.3 is 5.97 Å². The normalized spacial score (nSPS) is 15.7. The van der Waals surface area contributed by atoms with E-state index in [0.29, 0.717) is 30.9 Å². The molecule has 3 rings (SSSR count). The van der Waals surface area contributed by atoms with Crippen molar-refractivity contribution in [3.05, 3.63) is 65.2 Å².